The van der Waals surface area contributed by atoms with E-state index in [0.29, 0.717) is 23.5 Å². The lowest BCUT2D eigenvalue weighted by Gasteiger charge is -2.19. The largest absolute Gasteiger partial charge is 0.475 e. The van der Waals surface area contributed by atoms with Crippen molar-refractivity contribution in [3.63, 3.8) is 0 Å². The van der Waals surface area contributed by atoms with Crippen LogP contribution in [0, 0.1) is 0 Å². The quantitative estimate of drug-likeness (QED) is 0.273. The fourth-order valence-electron chi connectivity index (χ4n) is 3.48. The van der Waals surface area contributed by atoms with E-state index in [0.717, 1.165) is 17.7 Å². The Bertz CT molecular complexity index is 1430. The third-order valence-corrected chi connectivity index (χ3v) is 5.04. The van der Waals surface area contributed by atoms with Crippen molar-refractivity contribution in [1.29, 1.82) is 0 Å². The molecule has 0 fully saturated rings. The zero-order chi connectivity index (χ0) is 25.5. The zero-order valence-corrected chi connectivity index (χ0v) is 18.7. The lowest BCUT2D eigenvalue weighted by atomic mass is 10.0. The topological polar surface area (TPSA) is 180 Å². The molecule has 36 heavy (non-hydrogen) atoms. The summed E-state index contributed by atoms with van der Waals surface area (Å²) in [5, 5.41) is 28.3. The number of anilines is 1. The summed E-state index contributed by atoms with van der Waals surface area (Å²) in [6, 6.07) is 17.0. The van der Waals surface area contributed by atoms with Crippen LogP contribution in [-0.4, -0.2) is 49.6 Å². The number of H-pyrrole nitrogens is 1. The van der Waals surface area contributed by atoms with Gasteiger partial charge in [-0.2, -0.15) is 5.21 Å². The van der Waals surface area contributed by atoms with Crippen molar-refractivity contribution in [3.8, 4) is 11.4 Å². The molecular weight excluding hydrogens is 468 g/mol. The molecule has 0 saturated carbocycles. The van der Waals surface area contributed by atoms with Gasteiger partial charge >= 0.3 is 5.97 Å². The molecule has 4 rings (SSSR count). The van der Waals surface area contributed by atoms with Gasteiger partial charge < -0.3 is 20.2 Å². The first-order valence-electron chi connectivity index (χ1n) is 10.7. The van der Waals surface area contributed by atoms with Crippen LogP contribution < -0.4 is 16.1 Å². The van der Waals surface area contributed by atoms with E-state index in [1.54, 1.807) is 24.3 Å². The number of hydrogen-bond acceptors (Lipinski definition) is 8. The molecule has 4 aromatic rings. The van der Waals surface area contributed by atoms with E-state index in [1.807, 2.05) is 30.3 Å². The Hall–Kier alpha value is -5.13. The minimum absolute atomic E-state index is 0.115. The lowest BCUT2D eigenvalue weighted by molar-refractivity contribution is -0.116. The molecule has 0 unspecified atom stereocenters. The Kier molecular flexibility index (Phi) is 7.25. The number of carboxylic acids is 1. The number of aromatic nitrogens is 4. The molecule has 12 nitrogen and oxygen atoms in total. The first kappa shape index (κ1) is 24.0. The monoisotopic (exact) mass is 488 g/mol. The predicted molar refractivity (Wildman–Crippen MR) is 126 cm³/mol. The number of amides is 2. The van der Waals surface area contributed by atoms with Gasteiger partial charge in [-0.05, 0) is 29.3 Å². The third kappa shape index (κ3) is 6.26. The standard InChI is InChI=1S/C24H20N6O6/c31-18-12-19(36-20(13-18)24(34)35)23(33)26-17(9-14-5-2-1-3-6-14)11-21(32)25-16-8-4-7-15(10-16)22-27-29-30-28-22/h1-8,10,12-13,17H,9,11H2,(H,25,32)(H,26,33)(H,34,35)(H,27,28,29,30)/t17-/m0/s1. The lowest BCUT2D eigenvalue weighted by Crippen LogP contribution is -2.39. The molecule has 12 heteroatoms. The SMILES string of the molecule is O=C(C[C@H](Cc1ccccc1)NC(=O)c1cc(=O)cc(C(=O)O)o1)Nc1cccc(-c2nn[nH]n2)c1. The summed E-state index contributed by atoms with van der Waals surface area (Å²) >= 11 is 0. The number of rotatable bonds is 9. The maximum Gasteiger partial charge on any atom is 0.371 e. The van der Waals surface area contributed by atoms with E-state index < -0.39 is 34.9 Å². The summed E-state index contributed by atoms with van der Waals surface area (Å²) in [4.78, 5) is 48.6. The van der Waals surface area contributed by atoms with Crippen LogP contribution >= 0.6 is 0 Å². The number of nitrogens with one attached hydrogen (secondary N) is 3. The predicted octanol–water partition coefficient (Wildman–Crippen LogP) is 1.89. The van der Waals surface area contributed by atoms with Crippen LogP contribution in [0.15, 0.2) is 75.9 Å². The molecule has 0 radical (unpaired) electrons. The Labute approximate surface area is 203 Å². The molecule has 1 atom stereocenters. The molecule has 0 aliphatic rings. The molecule has 2 heterocycles. The number of tetrazole rings is 1. The summed E-state index contributed by atoms with van der Waals surface area (Å²) in [6.45, 7) is 0. The molecule has 0 bridgehead atoms. The van der Waals surface area contributed by atoms with Crippen molar-refractivity contribution in [2.24, 2.45) is 0 Å². The van der Waals surface area contributed by atoms with E-state index in [9.17, 15) is 19.2 Å². The maximum absolute atomic E-state index is 12.9. The van der Waals surface area contributed by atoms with E-state index >= 15 is 0 Å². The molecule has 0 aliphatic carbocycles. The summed E-state index contributed by atoms with van der Waals surface area (Å²) in [6.07, 6.45) is 0.182. The normalized spacial score (nSPS) is 11.4. The van der Waals surface area contributed by atoms with Crippen LogP contribution in [0.4, 0.5) is 5.69 Å². The molecule has 0 aliphatic heterocycles. The van der Waals surface area contributed by atoms with Crippen LogP contribution in [0.1, 0.15) is 33.1 Å². The smallest absolute Gasteiger partial charge is 0.371 e. The van der Waals surface area contributed by atoms with E-state index in [2.05, 4.69) is 31.3 Å². The molecule has 2 aromatic heterocycles. The van der Waals surface area contributed by atoms with E-state index in [4.69, 9.17) is 9.52 Å². The number of carbonyl (C=O) groups is 3. The maximum atomic E-state index is 12.9. The molecule has 2 aromatic carbocycles. The van der Waals surface area contributed by atoms with Gasteiger partial charge in [0.05, 0.1) is 0 Å². The number of hydrogen-bond donors (Lipinski definition) is 4. The number of aromatic carboxylic acids is 1. The zero-order valence-electron chi connectivity index (χ0n) is 18.7. The van der Waals surface area contributed by atoms with E-state index in [-0.39, 0.29) is 12.3 Å². The Morgan fingerprint density at radius 1 is 1.00 bits per heavy atom. The highest BCUT2D eigenvalue weighted by atomic mass is 16.4. The van der Waals surface area contributed by atoms with Crippen molar-refractivity contribution < 1.29 is 23.9 Å². The van der Waals surface area contributed by atoms with Crippen LogP contribution in [-0.2, 0) is 11.2 Å². The van der Waals surface area contributed by atoms with Gasteiger partial charge in [0, 0.05) is 35.8 Å². The first-order valence-corrected chi connectivity index (χ1v) is 10.7. The Morgan fingerprint density at radius 3 is 2.50 bits per heavy atom. The number of carbonyl (C=O) groups excluding carboxylic acids is 2. The van der Waals surface area contributed by atoms with Crippen molar-refractivity contribution in [2.75, 3.05) is 5.32 Å². The van der Waals surface area contributed by atoms with Gasteiger partial charge in [-0.25, -0.2) is 4.79 Å². The fraction of sp³-hybridized carbons (Fsp3) is 0.125. The number of carboxylic acid groups (broad SMARTS) is 1. The van der Waals surface area contributed by atoms with Crippen molar-refractivity contribution in [3.05, 3.63) is 94.0 Å². The third-order valence-electron chi connectivity index (χ3n) is 5.04. The Balaban J connectivity index is 1.50. The second-order valence-electron chi connectivity index (χ2n) is 7.76. The van der Waals surface area contributed by atoms with Crippen LogP contribution in [0.2, 0.25) is 0 Å². The summed E-state index contributed by atoms with van der Waals surface area (Å²) in [5.74, 6) is -3.45. The first-order chi connectivity index (χ1) is 17.4. The van der Waals surface area contributed by atoms with Crippen LogP contribution in [0.5, 0.6) is 0 Å². The summed E-state index contributed by atoms with van der Waals surface area (Å²) in [7, 11) is 0. The van der Waals surface area contributed by atoms with Gasteiger partial charge in [0.15, 0.2) is 11.2 Å². The number of benzene rings is 2. The van der Waals surface area contributed by atoms with Gasteiger partial charge in [0.2, 0.25) is 17.5 Å². The van der Waals surface area contributed by atoms with Crippen LogP contribution in [0.3, 0.4) is 0 Å². The van der Waals surface area contributed by atoms with Gasteiger partial charge in [-0.3, -0.25) is 14.4 Å². The minimum atomic E-state index is -1.48. The highest BCUT2D eigenvalue weighted by Crippen LogP contribution is 2.19. The van der Waals surface area contributed by atoms with Gasteiger partial charge in [0.1, 0.15) is 0 Å². The molecule has 4 N–H and O–H groups in total. The highest BCUT2D eigenvalue weighted by molar-refractivity contribution is 5.95. The van der Waals surface area contributed by atoms with Crippen molar-refractivity contribution in [2.45, 2.75) is 18.9 Å². The molecule has 2 amide bonds. The second kappa shape index (κ2) is 10.9. The summed E-state index contributed by atoms with van der Waals surface area (Å²) in [5.41, 5.74) is 1.30. The van der Waals surface area contributed by atoms with E-state index in [1.165, 1.54) is 0 Å². The molecular formula is C24H20N6O6. The van der Waals surface area contributed by atoms with Crippen LogP contribution in [0.25, 0.3) is 11.4 Å². The van der Waals surface area contributed by atoms with Gasteiger partial charge in [0.25, 0.3) is 5.91 Å². The molecule has 0 spiro atoms. The fourth-order valence-corrected chi connectivity index (χ4v) is 3.48. The van der Waals surface area contributed by atoms with Gasteiger partial charge in [-0.1, -0.05) is 42.5 Å². The minimum Gasteiger partial charge on any atom is -0.475 e. The average Bonchev–Trinajstić information content (AvgIpc) is 3.39. The summed E-state index contributed by atoms with van der Waals surface area (Å²) < 4.78 is 5.05. The van der Waals surface area contributed by atoms with Crippen molar-refractivity contribution >= 4 is 23.5 Å². The highest BCUT2D eigenvalue weighted by Gasteiger charge is 2.21. The average molecular weight is 488 g/mol. The second-order valence-corrected chi connectivity index (χ2v) is 7.76. The number of nitrogens with zero attached hydrogens (tertiary/aromatic N) is 3. The molecule has 182 valence electrons. The Morgan fingerprint density at radius 2 is 1.78 bits per heavy atom. The van der Waals surface area contributed by atoms with Crippen molar-refractivity contribution in [1.82, 2.24) is 25.9 Å². The number of aromatic amines is 1. The molecule has 0 saturated heterocycles. The van der Waals surface area contributed by atoms with Gasteiger partial charge in [-0.15, -0.1) is 10.2 Å².